The Bertz CT molecular complexity index is 1150. The molecule has 0 spiro atoms. The van der Waals surface area contributed by atoms with Crippen LogP contribution in [0.2, 0.25) is 0 Å². The van der Waals surface area contributed by atoms with Crippen LogP contribution in [-0.2, 0) is 0 Å². The maximum Gasteiger partial charge on any atom is 0.252 e. The Morgan fingerprint density at radius 3 is 2.67 bits per heavy atom. The van der Waals surface area contributed by atoms with E-state index in [2.05, 4.69) is 31.8 Å². The van der Waals surface area contributed by atoms with Gasteiger partial charge in [-0.2, -0.15) is 10.4 Å². The quantitative estimate of drug-likeness (QED) is 0.657. The molecule has 1 aromatic carbocycles. The van der Waals surface area contributed by atoms with Gasteiger partial charge >= 0.3 is 0 Å². The Morgan fingerprint density at radius 2 is 2.00 bits per heavy atom. The van der Waals surface area contributed by atoms with E-state index in [0.29, 0.717) is 30.4 Å². The number of hydrogen-bond donors (Lipinski definition) is 2. The highest BCUT2D eigenvalue weighted by atomic mass is 16.1. The van der Waals surface area contributed by atoms with Crippen LogP contribution in [0.4, 0.5) is 11.6 Å². The van der Waals surface area contributed by atoms with Gasteiger partial charge in [-0.05, 0) is 50.3 Å². The predicted molar refractivity (Wildman–Crippen MR) is 111 cm³/mol. The minimum Gasteiger partial charge on any atom is -0.334 e. The van der Waals surface area contributed by atoms with Crippen molar-refractivity contribution in [2.45, 2.75) is 44.2 Å². The Labute approximate surface area is 174 Å². The van der Waals surface area contributed by atoms with Crippen molar-refractivity contribution in [2.75, 3.05) is 5.32 Å². The van der Waals surface area contributed by atoms with Crippen molar-refractivity contribution in [3.63, 3.8) is 0 Å². The van der Waals surface area contributed by atoms with Crippen molar-refractivity contribution in [3.8, 4) is 17.3 Å². The molecule has 2 aliphatic rings. The SMILES string of the molecule is Cc1cnc(Nc2cnn(C3CC3)c2)nc1-c1ccc(C(=O)NC2(C#N)CC2)cc1. The summed E-state index contributed by atoms with van der Waals surface area (Å²) in [6.45, 7) is 1.95. The van der Waals surface area contributed by atoms with Gasteiger partial charge < -0.3 is 10.6 Å². The van der Waals surface area contributed by atoms with Crippen LogP contribution in [0.1, 0.15) is 47.6 Å². The largest absolute Gasteiger partial charge is 0.334 e. The fourth-order valence-electron chi connectivity index (χ4n) is 3.32. The second-order valence-electron chi connectivity index (χ2n) is 8.02. The molecule has 2 aliphatic carbocycles. The molecule has 8 nitrogen and oxygen atoms in total. The van der Waals surface area contributed by atoms with Crippen LogP contribution < -0.4 is 10.6 Å². The average Bonchev–Trinajstić information content (AvgIpc) is 3.69. The third kappa shape index (κ3) is 3.62. The van der Waals surface area contributed by atoms with Crippen molar-refractivity contribution in [2.24, 2.45) is 0 Å². The molecule has 0 unspecified atom stereocenters. The van der Waals surface area contributed by atoms with Crippen LogP contribution in [0, 0.1) is 18.3 Å². The van der Waals surface area contributed by atoms with E-state index in [4.69, 9.17) is 5.26 Å². The predicted octanol–water partition coefficient (Wildman–Crippen LogP) is 3.51. The molecule has 5 rings (SSSR count). The van der Waals surface area contributed by atoms with Crippen molar-refractivity contribution in [1.82, 2.24) is 25.1 Å². The Morgan fingerprint density at radius 1 is 1.23 bits per heavy atom. The monoisotopic (exact) mass is 399 g/mol. The van der Waals surface area contributed by atoms with Crippen molar-refractivity contribution < 1.29 is 4.79 Å². The van der Waals surface area contributed by atoms with E-state index in [0.717, 1.165) is 22.5 Å². The van der Waals surface area contributed by atoms with Gasteiger partial charge in [-0.3, -0.25) is 9.48 Å². The Kier molecular flexibility index (Phi) is 4.24. The Balaban J connectivity index is 1.33. The summed E-state index contributed by atoms with van der Waals surface area (Å²) in [4.78, 5) is 21.4. The molecular formula is C22H21N7O. The van der Waals surface area contributed by atoms with Crippen LogP contribution in [0.15, 0.2) is 42.9 Å². The molecule has 3 aromatic rings. The van der Waals surface area contributed by atoms with Gasteiger partial charge in [0.15, 0.2) is 0 Å². The highest BCUT2D eigenvalue weighted by molar-refractivity contribution is 5.95. The lowest BCUT2D eigenvalue weighted by molar-refractivity contribution is 0.0941. The third-order valence-electron chi connectivity index (χ3n) is 5.49. The van der Waals surface area contributed by atoms with Crippen LogP contribution >= 0.6 is 0 Å². The number of carbonyl (C=O) groups excluding carboxylic acids is 1. The first-order chi connectivity index (χ1) is 14.5. The molecule has 0 radical (unpaired) electrons. The molecule has 2 aromatic heterocycles. The van der Waals surface area contributed by atoms with Crippen molar-refractivity contribution in [3.05, 3.63) is 54.0 Å². The summed E-state index contributed by atoms with van der Waals surface area (Å²) in [5.41, 5.74) is 3.34. The van der Waals surface area contributed by atoms with Crippen molar-refractivity contribution >= 4 is 17.5 Å². The second-order valence-corrected chi connectivity index (χ2v) is 8.02. The van der Waals surface area contributed by atoms with E-state index in [1.54, 1.807) is 24.5 Å². The minimum absolute atomic E-state index is 0.227. The van der Waals surface area contributed by atoms with Gasteiger partial charge in [-0.25, -0.2) is 9.97 Å². The van der Waals surface area contributed by atoms with Gasteiger partial charge in [0.05, 0.1) is 29.7 Å². The van der Waals surface area contributed by atoms with E-state index >= 15 is 0 Å². The smallest absolute Gasteiger partial charge is 0.252 e. The topological polar surface area (TPSA) is 109 Å². The van der Waals surface area contributed by atoms with Crippen LogP contribution in [-0.4, -0.2) is 31.2 Å². The number of amides is 1. The minimum atomic E-state index is -0.674. The van der Waals surface area contributed by atoms with Gasteiger partial charge in [0, 0.05) is 23.5 Å². The lowest BCUT2D eigenvalue weighted by atomic mass is 10.1. The molecule has 150 valence electrons. The number of carbonyl (C=O) groups is 1. The van der Waals surface area contributed by atoms with Crippen LogP contribution in [0.5, 0.6) is 0 Å². The van der Waals surface area contributed by atoms with Gasteiger partial charge in [-0.1, -0.05) is 12.1 Å². The fourth-order valence-corrected chi connectivity index (χ4v) is 3.32. The molecule has 0 aliphatic heterocycles. The summed E-state index contributed by atoms with van der Waals surface area (Å²) in [5.74, 6) is 0.271. The van der Waals surface area contributed by atoms with E-state index in [1.165, 1.54) is 12.8 Å². The molecule has 0 bridgehead atoms. The summed E-state index contributed by atoms with van der Waals surface area (Å²) in [6.07, 6.45) is 9.31. The molecule has 2 N–H and O–H groups in total. The zero-order chi connectivity index (χ0) is 20.7. The first-order valence-corrected chi connectivity index (χ1v) is 10.0. The maximum absolute atomic E-state index is 12.4. The van der Waals surface area contributed by atoms with E-state index in [9.17, 15) is 4.79 Å². The lowest BCUT2D eigenvalue weighted by Gasteiger charge is -2.11. The van der Waals surface area contributed by atoms with Crippen LogP contribution in [0.25, 0.3) is 11.3 Å². The molecule has 2 heterocycles. The number of nitrogens with one attached hydrogen (secondary N) is 2. The number of anilines is 2. The van der Waals surface area contributed by atoms with Crippen LogP contribution in [0.3, 0.4) is 0 Å². The van der Waals surface area contributed by atoms with Gasteiger partial charge in [0.25, 0.3) is 5.91 Å². The molecule has 0 saturated heterocycles. The van der Waals surface area contributed by atoms with Gasteiger partial charge in [0.2, 0.25) is 5.95 Å². The highest BCUT2D eigenvalue weighted by Gasteiger charge is 2.44. The molecule has 8 heteroatoms. The number of nitrogens with zero attached hydrogens (tertiary/aromatic N) is 5. The second kappa shape index (κ2) is 6.95. The van der Waals surface area contributed by atoms with E-state index in [1.807, 2.05) is 29.9 Å². The highest BCUT2D eigenvalue weighted by Crippen LogP contribution is 2.35. The summed E-state index contributed by atoms with van der Waals surface area (Å²) < 4.78 is 1.97. The Hall–Kier alpha value is -3.73. The zero-order valence-corrected chi connectivity index (χ0v) is 16.6. The first-order valence-electron chi connectivity index (χ1n) is 10.0. The third-order valence-corrected chi connectivity index (χ3v) is 5.49. The number of benzene rings is 1. The number of rotatable bonds is 6. The summed E-state index contributed by atoms with van der Waals surface area (Å²) in [5, 5.41) is 19.5. The lowest BCUT2D eigenvalue weighted by Crippen LogP contribution is -2.35. The summed E-state index contributed by atoms with van der Waals surface area (Å²) in [7, 11) is 0. The van der Waals surface area contributed by atoms with E-state index in [-0.39, 0.29) is 5.91 Å². The normalized spacial score (nSPS) is 16.5. The molecular weight excluding hydrogens is 378 g/mol. The van der Waals surface area contributed by atoms with Crippen molar-refractivity contribution in [1.29, 1.82) is 5.26 Å². The summed E-state index contributed by atoms with van der Waals surface area (Å²) >= 11 is 0. The van der Waals surface area contributed by atoms with Gasteiger partial charge in [-0.15, -0.1) is 0 Å². The molecule has 0 atom stereocenters. The average molecular weight is 399 g/mol. The van der Waals surface area contributed by atoms with Gasteiger partial charge in [0.1, 0.15) is 5.54 Å². The fraction of sp³-hybridized carbons (Fsp3) is 0.318. The molecule has 1 amide bonds. The first kappa shape index (κ1) is 18.3. The zero-order valence-electron chi connectivity index (χ0n) is 16.6. The number of aromatic nitrogens is 4. The number of hydrogen-bond acceptors (Lipinski definition) is 6. The standard InChI is InChI=1S/C22H21N7O/c1-14-10-24-21(26-17-11-25-29(12-17)18-6-7-18)27-19(14)15-2-4-16(5-3-15)20(30)28-22(13-23)8-9-22/h2-5,10-12,18H,6-9H2,1H3,(H,28,30)(H,24,26,27). The maximum atomic E-state index is 12.4. The van der Waals surface area contributed by atoms with E-state index < -0.39 is 5.54 Å². The molecule has 30 heavy (non-hydrogen) atoms. The number of nitriles is 1. The molecule has 2 fully saturated rings. The summed E-state index contributed by atoms with van der Waals surface area (Å²) in [6, 6.07) is 9.94. The molecule has 2 saturated carbocycles. The number of aryl methyl sites for hydroxylation is 1.